The van der Waals surface area contributed by atoms with Crippen LogP contribution in [0.1, 0.15) is 0 Å². The van der Waals surface area contributed by atoms with E-state index in [2.05, 4.69) is 229 Å². The Morgan fingerprint density at radius 1 is 0.328 bits per heavy atom. The zero-order valence-electron chi connectivity index (χ0n) is 34.5. The summed E-state index contributed by atoms with van der Waals surface area (Å²) in [5, 5.41) is 7.17. The molecule has 13 rings (SSSR count). The summed E-state index contributed by atoms with van der Waals surface area (Å²) < 4.78 is 11.9. The number of anilines is 3. The summed E-state index contributed by atoms with van der Waals surface area (Å²) in [5.41, 5.74) is 14.6. The Labute approximate surface area is 378 Å². The van der Waals surface area contributed by atoms with Crippen molar-refractivity contribution in [2.24, 2.45) is 0 Å². The first-order chi connectivity index (χ1) is 31.7. The number of furan rings is 1. The highest BCUT2D eigenvalue weighted by atomic mass is 32.1. The van der Waals surface area contributed by atoms with Crippen molar-refractivity contribution in [3.05, 3.63) is 224 Å². The fourth-order valence-corrected chi connectivity index (χ4v) is 12.1. The quantitative estimate of drug-likeness (QED) is 0.159. The second-order valence-electron chi connectivity index (χ2n) is 16.4. The number of hydrogen-bond donors (Lipinski definition) is 0. The van der Waals surface area contributed by atoms with Crippen molar-refractivity contribution < 1.29 is 4.42 Å². The van der Waals surface area contributed by atoms with Crippen LogP contribution >= 0.6 is 22.7 Å². The van der Waals surface area contributed by atoms with Crippen molar-refractivity contribution in [2.45, 2.75) is 0 Å². The SMILES string of the molecule is c1ccc(-c2ccc3c(c2)sc2c(-c4ccccc4)ccc(N(c4ccc5sc6cc(-c7ccccc7)cc(-c7ccccc7)c6c5c4)c4cccc5c4oc4ccccc45)c23)cc1. The highest BCUT2D eigenvalue weighted by Crippen LogP contribution is 2.52. The summed E-state index contributed by atoms with van der Waals surface area (Å²) in [7, 11) is 0. The molecular weight excluding hydrogens is 815 g/mol. The maximum atomic E-state index is 6.88. The average molecular weight is 852 g/mol. The van der Waals surface area contributed by atoms with Crippen LogP contribution in [0.15, 0.2) is 229 Å². The second-order valence-corrected chi connectivity index (χ2v) is 18.5. The Morgan fingerprint density at radius 2 is 0.969 bits per heavy atom. The van der Waals surface area contributed by atoms with E-state index in [0.29, 0.717) is 0 Å². The topological polar surface area (TPSA) is 16.4 Å². The lowest BCUT2D eigenvalue weighted by Gasteiger charge is -2.27. The van der Waals surface area contributed by atoms with Crippen LogP contribution in [-0.4, -0.2) is 0 Å². The van der Waals surface area contributed by atoms with Crippen LogP contribution in [0.2, 0.25) is 0 Å². The van der Waals surface area contributed by atoms with Gasteiger partial charge in [0.1, 0.15) is 5.58 Å². The van der Waals surface area contributed by atoms with E-state index in [1.807, 2.05) is 22.7 Å². The van der Waals surface area contributed by atoms with Crippen LogP contribution < -0.4 is 4.90 Å². The molecule has 10 aromatic carbocycles. The lowest BCUT2D eigenvalue weighted by Crippen LogP contribution is -2.10. The maximum Gasteiger partial charge on any atom is 0.159 e. The molecule has 0 aliphatic heterocycles. The Morgan fingerprint density at radius 3 is 1.72 bits per heavy atom. The van der Waals surface area contributed by atoms with Gasteiger partial charge >= 0.3 is 0 Å². The minimum Gasteiger partial charge on any atom is -0.454 e. The van der Waals surface area contributed by atoms with E-state index >= 15 is 0 Å². The summed E-state index contributed by atoms with van der Waals surface area (Å²) >= 11 is 3.74. The van der Waals surface area contributed by atoms with E-state index < -0.39 is 0 Å². The smallest absolute Gasteiger partial charge is 0.159 e. The molecule has 3 heterocycles. The van der Waals surface area contributed by atoms with Gasteiger partial charge < -0.3 is 9.32 Å². The Kier molecular flexibility index (Phi) is 8.61. The molecule has 0 atom stereocenters. The number of fused-ring (bicyclic) bond motifs is 9. The number of rotatable bonds is 7. The normalized spacial score (nSPS) is 11.8. The summed E-state index contributed by atoms with van der Waals surface area (Å²) in [6.45, 7) is 0. The summed E-state index contributed by atoms with van der Waals surface area (Å²) in [6, 6.07) is 81.6. The summed E-state index contributed by atoms with van der Waals surface area (Å²) in [5.74, 6) is 0. The Balaban J connectivity index is 1.12. The van der Waals surface area contributed by atoms with Crippen LogP contribution in [0.5, 0.6) is 0 Å². The molecule has 0 amide bonds. The maximum absolute atomic E-state index is 6.88. The lowest BCUT2D eigenvalue weighted by atomic mass is 9.94. The first kappa shape index (κ1) is 36.9. The molecular formula is C60H37NOS2. The number of benzene rings is 10. The third kappa shape index (κ3) is 5.99. The molecule has 64 heavy (non-hydrogen) atoms. The molecule has 2 nitrogen and oxygen atoms in total. The van der Waals surface area contributed by atoms with E-state index in [4.69, 9.17) is 4.42 Å². The predicted molar refractivity (Wildman–Crippen MR) is 276 cm³/mol. The van der Waals surface area contributed by atoms with Gasteiger partial charge in [0, 0.05) is 56.8 Å². The molecule has 0 fully saturated rings. The molecule has 0 N–H and O–H groups in total. The first-order valence-corrected chi connectivity index (χ1v) is 23.3. The van der Waals surface area contributed by atoms with Gasteiger partial charge in [-0.25, -0.2) is 0 Å². The molecule has 0 aliphatic rings. The van der Waals surface area contributed by atoms with Gasteiger partial charge in [0.05, 0.1) is 11.4 Å². The van der Waals surface area contributed by atoms with Gasteiger partial charge in [-0.15, -0.1) is 22.7 Å². The zero-order valence-corrected chi connectivity index (χ0v) is 36.2. The van der Waals surface area contributed by atoms with Gasteiger partial charge in [0.15, 0.2) is 5.58 Å². The molecule has 0 bridgehead atoms. The van der Waals surface area contributed by atoms with E-state index in [1.54, 1.807) is 0 Å². The highest BCUT2D eigenvalue weighted by molar-refractivity contribution is 7.26. The Hall–Kier alpha value is -7.76. The van der Waals surface area contributed by atoms with Gasteiger partial charge in [-0.05, 0) is 99.1 Å². The fourth-order valence-electron chi connectivity index (χ4n) is 9.70. The van der Waals surface area contributed by atoms with Gasteiger partial charge in [-0.1, -0.05) is 170 Å². The number of thiophene rings is 2. The molecule has 4 heteroatoms. The van der Waals surface area contributed by atoms with Gasteiger partial charge in [-0.2, -0.15) is 0 Å². The van der Waals surface area contributed by atoms with Crippen molar-refractivity contribution in [1.29, 1.82) is 0 Å². The standard InChI is InChI=1S/C60H37NOS2/c1-5-16-38(17-6-1)42-28-30-48-55(35-42)64-60-45(40-20-9-3-10-21-40)31-32-51(58(48)60)61(52-26-15-25-47-46-24-13-14-27-53(46)62-59(47)52)44-29-33-54-50(37-44)57-49(41-22-11-4-12-23-41)34-43(36-56(57)63-54)39-18-7-2-8-19-39/h1-37H. The van der Waals surface area contributed by atoms with Gasteiger partial charge in [0.25, 0.3) is 0 Å². The molecule has 0 saturated heterocycles. The van der Waals surface area contributed by atoms with Crippen molar-refractivity contribution in [3.8, 4) is 44.5 Å². The molecule has 3 aromatic heterocycles. The minimum absolute atomic E-state index is 0.864. The van der Waals surface area contributed by atoms with Crippen molar-refractivity contribution in [2.75, 3.05) is 4.90 Å². The van der Waals surface area contributed by atoms with E-state index in [-0.39, 0.29) is 0 Å². The third-order valence-electron chi connectivity index (χ3n) is 12.7. The van der Waals surface area contributed by atoms with Crippen molar-refractivity contribution in [3.63, 3.8) is 0 Å². The van der Waals surface area contributed by atoms with E-state index in [1.165, 1.54) is 84.9 Å². The minimum atomic E-state index is 0.864. The predicted octanol–water partition coefficient (Wildman–Crippen LogP) is 18.5. The molecule has 0 saturated carbocycles. The second kappa shape index (κ2) is 15.0. The zero-order chi connectivity index (χ0) is 42.1. The van der Waals surface area contributed by atoms with Crippen LogP contribution in [0.3, 0.4) is 0 Å². The molecule has 0 spiro atoms. The van der Waals surface area contributed by atoms with E-state index in [0.717, 1.165) is 39.0 Å². The Bertz CT molecular complexity index is 3890. The summed E-state index contributed by atoms with van der Waals surface area (Å²) in [4.78, 5) is 2.46. The molecule has 300 valence electrons. The number of nitrogens with zero attached hydrogens (tertiary/aromatic N) is 1. The molecule has 0 unspecified atom stereocenters. The van der Waals surface area contributed by atoms with Crippen molar-refractivity contribution in [1.82, 2.24) is 0 Å². The van der Waals surface area contributed by atoms with Crippen LogP contribution in [0.25, 0.3) is 107 Å². The largest absolute Gasteiger partial charge is 0.454 e. The monoisotopic (exact) mass is 851 g/mol. The van der Waals surface area contributed by atoms with E-state index in [9.17, 15) is 0 Å². The van der Waals surface area contributed by atoms with Gasteiger partial charge in [-0.3, -0.25) is 0 Å². The first-order valence-electron chi connectivity index (χ1n) is 21.7. The van der Waals surface area contributed by atoms with Crippen LogP contribution in [-0.2, 0) is 0 Å². The lowest BCUT2D eigenvalue weighted by molar-refractivity contribution is 0.669. The molecule has 0 radical (unpaired) electrons. The van der Waals surface area contributed by atoms with Gasteiger partial charge in [0.2, 0.25) is 0 Å². The fraction of sp³-hybridized carbons (Fsp3) is 0. The number of hydrogen-bond acceptors (Lipinski definition) is 4. The average Bonchev–Trinajstić information content (AvgIpc) is 4.07. The molecule has 13 aromatic rings. The van der Waals surface area contributed by atoms with Crippen LogP contribution in [0.4, 0.5) is 17.1 Å². The van der Waals surface area contributed by atoms with Crippen LogP contribution in [0, 0.1) is 0 Å². The summed E-state index contributed by atoms with van der Waals surface area (Å²) in [6.07, 6.45) is 0. The number of para-hydroxylation sites is 2. The third-order valence-corrected chi connectivity index (χ3v) is 15.0. The highest BCUT2D eigenvalue weighted by Gasteiger charge is 2.25. The van der Waals surface area contributed by atoms with Crippen molar-refractivity contribution >= 4 is 102 Å². The molecule has 0 aliphatic carbocycles.